The number of amides is 3. The van der Waals surface area contributed by atoms with Crippen molar-refractivity contribution >= 4 is 29.1 Å². The van der Waals surface area contributed by atoms with Gasteiger partial charge in [-0.25, -0.2) is 0 Å². The molecule has 1 aliphatic rings. The molecule has 1 aromatic heterocycles. The summed E-state index contributed by atoms with van der Waals surface area (Å²) >= 11 is 0. The Morgan fingerprint density at radius 3 is 2.85 bits per heavy atom. The minimum absolute atomic E-state index is 0.0578. The summed E-state index contributed by atoms with van der Waals surface area (Å²) in [5.41, 5.74) is 7.55. The normalized spacial score (nSPS) is 16.8. The van der Waals surface area contributed by atoms with Gasteiger partial charge >= 0.3 is 0 Å². The van der Waals surface area contributed by atoms with E-state index in [1.54, 1.807) is 4.90 Å². The zero-order valence-corrected chi connectivity index (χ0v) is 15.4. The average molecular weight is 369 g/mol. The van der Waals surface area contributed by atoms with Crippen LogP contribution in [0.1, 0.15) is 31.7 Å². The molecule has 1 fully saturated rings. The van der Waals surface area contributed by atoms with Gasteiger partial charge in [-0.05, 0) is 23.6 Å². The number of benzene rings is 1. The van der Waals surface area contributed by atoms with Crippen LogP contribution in [0.4, 0.5) is 11.4 Å². The second-order valence-electron chi connectivity index (χ2n) is 7.04. The van der Waals surface area contributed by atoms with Crippen LogP contribution in [0, 0.1) is 5.92 Å². The van der Waals surface area contributed by atoms with Crippen molar-refractivity contribution in [3.63, 3.8) is 0 Å². The molecule has 0 aliphatic carbocycles. The van der Waals surface area contributed by atoms with E-state index in [4.69, 9.17) is 5.73 Å². The van der Waals surface area contributed by atoms with Crippen molar-refractivity contribution in [2.75, 3.05) is 16.8 Å². The lowest BCUT2D eigenvalue weighted by atomic mass is 10.0. The van der Waals surface area contributed by atoms with Crippen molar-refractivity contribution < 1.29 is 14.4 Å². The molecule has 0 radical (unpaired) electrons. The highest BCUT2D eigenvalue weighted by Gasteiger charge is 2.35. The van der Waals surface area contributed by atoms with E-state index in [9.17, 15) is 14.4 Å². The molecule has 27 heavy (non-hydrogen) atoms. The summed E-state index contributed by atoms with van der Waals surface area (Å²) in [6.45, 7) is 4.47. The fourth-order valence-electron chi connectivity index (χ4n) is 3.10. The SMILES string of the molecule is CC(C)c1cccc(N2CC(C(=O)Nc3cnn(CC(N)=O)c3)CC2=O)c1. The number of anilines is 2. The van der Waals surface area contributed by atoms with E-state index in [1.807, 2.05) is 24.3 Å². The van der Waals surface area contributed by atoms with E-state index in [2.05, 4.69) is 24.3 Å². The molecule has 0 saturated carbocycles. The fraction of sp³-hybridized carbons (Fsp3) is 0.368. The number of primary amides is 1. The van der Waals surface area contributed by atoms with E-state index < -0.39 is 11.8 Å². The number of nitrogens with zero attached hydrogens (tertiary/aromatic N) is 3. The van der Waals surface area contributed by atoms with Crippen LogP contribution < -0.4 is 16.0 Å². The van der Waals surface area contributed by atoms with Crippen molar-refractivity contribution in [1.82, 2.24) is 9.78 Å². The van der Waals surface area contributed by atoms with Crippen LogP contribution in [0.5, 0.6) is 0 Å². The molecule has 3 N–H and O–H groups in total. The van der Waals surface area contributed by atoms with Gasteiger partial charge in [-0.1, -0.05) is 26.0 Å². The Morgan fingerprint density at radius 2 is 2.15 bits per heavy atom. The summed E-state index contributed by atoms with van der Waals surface area (Å²) in [5, 5.41) is 6.71. The summed E-state index contributed by atoms with van der Waals surface area (Å²) in [7, 11) is 0. The van der Waals surface area contributed by atoms with Gasteiger partial charge in [0, 0.05) is 24.8 Å². The Balaban J connectivity index is 1.66. The second-order valence-corrected chi connectivity index (χ2v) is 7.04. The molecule has 1 saturated heterocycles. The molecule has 142 valence electrons. The summed E-state index contributed by atoms with van der Waals surface area (Å²) < 4.78 is 1.35. The van der Waals surface area contributed by atoms with Crippen molar-refractivity contribution in [3.8, 4) is 0 Å². The number of nitrogens with two attached hydrogens (primary N) is 1. The highest BCUT2D eigenvalue weighted by atomic mass is 16.2. The Kier molecular flexibility index (Phi) is 5.25. The van der Waals surface area contributed by atoms with Gasteiger partial charge in [0.25, 0.3) is 0 Å². The van der Waals surface area contributed by atoms with Crippen LogP contribution in [-0.2, 0) is 20.9 Å². The van der Waals surface area contributed by atoms with Crippen LogP contribution in [0.25, 0.3) is 0 Å². The Bertz CT molecular complexity index is 874. The predicted molar refractivity (Wildman–Crippen MR) is 101 cm³/mol. The molecule has 2 aromatic rings. The van der Waals surface area contributed by atoms with Crippen LogP contribution in [0.3, 0.4) is 0 Å². The van der Waals surface area contributed by atoms with Crippen LogP contribution in [-0.4, -0.2) is 34.0 Å². The second kappa shape index (κ2) is 7.61. The highest BCUT2D eigenvalue weighted by Crippen LogP contribution is 2.28. The van der Waals surface area contributed by atoms with E-state index >= 15 is 0 Å². The molecule has 0 bridgehead atoms. The fourth-order valence-corrected chi connectivity index (χ4v) is 3.10. The van der Waals surface area contributed by atoms with Crippen molar-refractivity contribution in [2.45, 2.75) is 32.7 Å². The highest BCUT2D eigenvalue weighted by molar-refractivity contribution is 6.03. The molecule has 8 heteroatoms. The van der Waals surface area contributed by atoms with Gasteiger partial charge < -0.3 is 16.0 Å². The first-order chi connectivity index (χ1) is 12.8. The zero-order valence-electron chi connectivity index (χ0n) is 15.4. The van der Waals surface area contributed by atoms with E-state index in [-0.39, 0.29) is 24.8 Å². The summed E-state index contributed by atoms with van der Waals surface area (Å²) in [6, 6.07) is 7.84. The molecule has 3 rings (SSSR count). The third-order valence-corrected chi connectivity index (χ3v) is 4.56. The number of hydrogen-bond donors (Lipinski definition) is 2. The largest absolute Gasteiger partial charge is 0.368 e. The van der Waals surface area contributed by atoms with E-state index in [0.29, 0.717) is 18.2 Å². The Hall–Kier alpha value is -3.16. The first-order valence-electron chi connectivity index (χ1n) is 8.85. The first-order valence-corrected chi connectivity index (χ1v) is 8.85. The molecule has 8 nitrogen and oxygen atoms in total. The molecule has 1 aliphatic heterocycles. The Morgan fingerprint density at radius 1 is 1.37 bits per heavy atom. The minimum Gasteiger partial charge on any atom is -0.368 e. The van der Waals surface area contributed by atoms with Gasteiger partial charge in [0.05, 0.1) is 17.8 Å². The number of carbonyl (C=O) groups is 3. The quantitative estimate of drug-likeness (QED) is 0.803. The maximum Gasteiger partial charge on any atom is 0.239 e. The third kappa shape index (κ3) is 4.33. The lowest BCUT2D eigenvalue weighted by Crippen LogP contribution is -2.28. The summed E-state index contributed by atoms with van der Waals surface area (Å²) in [5.74, 6) is -0.917. The van der Waals surface area contributed by atoms with Crippen molar-refractivity contribution in [3.05, 3.63) is 42.2 Å². The topological polar surface area (TPSA) is 110 Å². The summed E-state index contributed by atoms with van der Waals surface area (Å²) in [6.07, 6.45) is 3.14. The molecular weight excluding hydrogens is 346 g/mol. The molecule has 3 amide bonds. The minimum atomic E-state index is -0.517. The molecule has 1 atom stereocenters. The average Bonchev–Trinajstić information content (AvgIpc) is 3.21. The van der Waals surface area contributed by atoms with Crippen molar-refractivity contribution in [1.29, 1.82) is 0 Å². The number of rotatable bonds is 6. The van der Waals surface area contributed by atoms with Crippen LogP contribution >= 0.6 is 0 Å². The smallest absolute Gasteiger partial charge is 0.239 e. The Labute approximate surface area is 157 Å². The maximum atomic E-state index is 12.5. The van der Waals surface area contributed by atoms with Gasteiger partial charge in [-0.15, -0.1) is 0 Å². The molecule has 1 unspecified atom stereocenters. The third-order valence-electron chi connectivity index (χ3n) is 4.56. The predicted octanol–water partition coefficient (Wildman–Crippen LogP) is 1.48. The van der Waals surface area contributed by atoms with Gasteiger partial charge in [0.1, 0.15) is 6.54 Å². The molecule has 0 spiro atoms. The van der Waals surface area contributed by atoms with E-state index in [0.717, 1.165) is 11.3 Å². The van der Waals surface area contributed by atoms with E-state index in [1.165, 1.54) is 17.1 Å². The zero-order chi connectivity index (χ0) is 19.6. The standard InChI is InChI=1S/C19H23N5O3/c1-12(2)13-4-3-5-16(6-13)24-9-14(7-18(24)26)19(27)22-15-8-21-23(10-15)11-17(20)25/h3-6,8,10,12,14H,7,9,11H2,1-2H3,(H2,20,25)(H,22,27). The summed E-state index contributed by atoms with van der Waals surface area (Å²) in [4.78, 5) is 37.5. The number of hydrogen-bond acceptors (Lipinski definition) is 4. The molecule has 2 heterocycles. The number of aromatic nitrogens is 2. The van der Waals surface area contributed by atoms with Gasteiger partial charge in [-0.3, -0.25) is 19.1 Å². The molecule has 1 aromatic carbocycles. The lowest BCUT2D eigenvalue weighted by molar-refractivity contribution is -0.122. The van der Waals surface area contributed by atoms with Gasteiger partial charge in [0.2, 0.25) is 17.7 Å². The first kappa shape index (κ1) is 18.6. The lowest BCUT2D eigenvalue weighted by Gasteiger charge is -2.18. The van der Waals surface area contributed by atoms with Gasteiger partial charge in [-0.2, -0.15) is 5.10 Å². The van der Waals surface area contributed by atoms with Crippen LogP contribution in [0.2, 0.25) is 0 Å². The number of nitrogens with one attached hydrogen (secondary N) is 1. The molecular formula is C19H23N5O3. The maximum absolute atomic E-state index is 12.5. The van der Waals surface area contributed by atoms with Crippen LogP contribution in [0.15, 0.2) is 36.7 Å². The monoisotopic (exact) mass is 369 g/mol. The van der Waals surface area contributed by atoms with Gasteiger partial charge in [0.15, 0.2) is 0 Å². The van der Waals surface area contributed by atoms with Crippen molar-refractivity contribution in [2.24, 2.45) is 11.7 Å². The number of carbonyl (C=O) groups excluding carboxylic acids is 3.